The summed E-state index contributed by atoms with van der Waals surface area (Å²) in [5.41, 5.74) is 0.385. The highest BCUT2D eigenvalue weighted by atomic mass is 79.9. The Kier molecular flexibility index (Phi) is 3.96. The lowest BCUT2D eigenvalue weighted by Gasteiger charge is -2.23. The average molecular weight is 319 g/mol. The second-order valence-corrected chi connectivity index (χ2v) is 5.44. The second-order valence-electron chi connectivity index (χ2n) is 4.58. The van der Waals surface area contributed by atoms with Gasteiger partial charge in [0.25, 0.3) is 0 Å². The van der Waals surface area contributed by atoms with Gasteiger partial charge in [0.05, 0.1) is 16.0 Å². The topological polar surface area (TPSA) is 36.7 Å². The zero-order chi connectivity index (χ0) is 13.9. The molecular weight excluding hydrogens is 307 g/mol. The van der Waals surface area contributed by atoms with E-state index < -0.39 is 5.41 Å². The summed E-state index contributed by atoms with van der Waals surface area (Å²) in [7, 11) is 0. The molecule has 1 aromatic carbocycles. The van der Waals surface area contributed by atoms with Gasteiger partial charge in [-0.1, -0.05) is 18.2 Å². The summed E-state index contributed by atoms with van der Waals surface area (Å²) in [6.07, 6.45) is 3.79. The van der Waals surface area contributed by atoms with Crippen LogP contribution in [0.4, 0.5) is 4.39 Å². The van der Waals surface area contributed by atoms with Gasteiger partial charge >= 0.3 is 0 Å². The number of nitrogens with zero attached hydrogens (tertiary/aromatic N) is 2. The summed E-state index contributed by atoms with van der Waals surface area (Å²) in [4.78, 5) is 4.02. The van der Waals surface area contributed by atoms with Gasteiger partial charge in [0.2, 0.25) is 0 Å². The van der Waals surface area contributed by atoms with Crippen LogP contribution in [0.2, 0.25) is 0 Å². The number of halogens is 2. The second kappa shape index (κ2) is 5.50. The Morgan fingerprint density at radius 3 is 2.79 bits per heavy atom. The van der Waals surface area contributed by atoms with E-state index in [2.05, 4.69) is 27.0 Å². The normalized spacial score (nSPS) is 13.6. The maximum atomic E-state index is 14.2. The van der Waals surface area contributed by atoms with Crippen molar-refractivity contribution in [2.45, 2.75) is 18.8 Å². The fraction of sp³-hybridized carbons (Fsp3) is 0.200. The van der Waals surface area contributed by atoms with Gasteiger partial charge in [-0.3, -0.25) is 4.98 Å². The summed E-state index contributed by atoms with van der Waals surface area (Å²) in [5.74, 6) is -0.379. The molecule has 1 atom stereocenters. The minimum absolute atomic E-state index is 0.373. The molecule has 2 aromatic rings. The molecule has 0 radical (unpaired) electrons. The van der Waals surface area contributed by atoms with Crippen molar-refractivity contribution in [3.63, 3.8) is 0 Å². The lowest BCUT2D eigenvalue weighted by molar-refractivity contribution is 0.530. The Labute approximate surface area is 120 Å². The molecule has 19 heavy (non-hydrogen) atoms. The number of hydrogen-bond donors (Lipinski definition) is 0. The van der Waals surface area contributed by atoms with Crippen molar-refractivity contribution in [2.24, 2.45) is 0 Å². The third-order valence-electron chi connectivity index (χ3n) is 3.07. The first kappa shape index (κ1) is 13.7. The molecule has 1 aromatic heterocycles. The van der Waals surface area contributed by atoms with Crippen LogP contribution in [0.5, 0.6) is 0 Å². The zero-order valence-corrected chi connectivity index (χ0v) is 12.0. The standard InChI is InChI=1S/C15H12BrFN2/c1-15(10-18,8-11-4-3-7-19-9-11)12-5-2-6-13(16)14(12)17/h2-7,9H,8H2,1H3. The smallest absolute Gasteiger partial charge is 0.142 e. The molecular formula is C15H12BrFN2. The fourth-order valence-corrected chi connectivity index (χ4v) is 2.40. The van der Waals surface area contributed by atoms with Crippen LogP contribution in [-0.2, 0) is 11.8 Å². The van der Waals surface area contributed by atoms with Gasteiger partial charge in [0.15, 0.2) is 0 Å². The Morgan fingerprint density at radius 1 is 1.37 bits per heavy atom. The van der Waals surface area contributed by atoms with E-state index in [4.69, 9.17) is 0 Å². The number of nitriles is 1. The molecule has 96 valence electrons. The Morgan fingerprint density at radius 2 is 2.16 bits per heavy atom. The number of pyridine rings is 1. The summed E-state index contributed by atoms with van der Waals surface area (Å²) in [6.45, 7) is 1.74. The highest BCUT2D eigenvalue weighted by Gasteiger charge is 2.30. The Hall–Kier alpha value is -1.73. The predicted octanol–water partition coefficient (Wildman–Crippen LogP) is 4.01. The number of benzene rings is 1. The molecule has 0 bridgehead atoms. The first-order chi connectivity index (χ1) is 9.07. The molecule has 0 saturated carbocycles. The largest absolute Gasteiger partial charge is 0.264 e. The summed E-state index contributed by atoms with van der Waals surface area (Å²) in [5, 5.41) is 9.46. The molecule has 0 aliphatic rings. The highest BCUT2D eigenvalue weighted by molar-refractivity contribution is 9.10. The average Bonchev–Trinajstić information content (AvgIpc) is 2.43. The van der Waals surface area contributed by atoms with Gasteiger partial charge in [-0.2, -0.15) is 5.26 Å². The van der Waals surface area contributed by atoms with E-state index >= 15 is 0 Å². The van der Waals surface area contributed by atoms with E-state index in [9.17, 15) is 9.65 Å². The van der Waals surface area contributed by atoms with Crippen LogP contribution in [-0.4, -0.2) is 4.98 Å². The number of rotatable bonds is 3. The fourth-order valence-electron chi connectivity index (χ4n) is 2.04. The van der Waals surface area contributed by atoms with Crippen molar-refractivity contribution in [3.05, 3.63) is 64.1 Å². The van der Waals surface area contributed by atoms with Crippen LogP contribution in [0.1, 0.15) is 18.1 Å². The van der Waals surface area contributed by atoms with Gasteiger partial charge in [-0.15, -0.1) is 0 Å². The van der Waals surface area contributed by atoms with E-state index in [1.54, 1.807) is 37.5 Å². The highest BCUT2D eigenvalue weighted by Crippen LogP contribution is 2.32. The van der Waals surface area contributed by atoms with Crippen LogP contribution in [0.3, 0.4) is 0 Å². The Balaban J connectivity index is 2.43. The molecule has 1 heterocycles. The van der Waals surface area contributed by atoms with E-state index in [-0.39, 0.29) is 5.82 Å². The molecule has 0 spiro atoms. The third kappa shape index (κ3) is 2.82. The Bertz CT molecular complexity index is 622. The van der Waals surface area contributed by atoms with Crippen LogP contribution in [0, 0.1) is 17.1 Å². The van der Waals surface area contributed by atoms with Crippen molar-refractivity contribution in [1.29, 1.82) is 5.26 Å². The quantitative estimate of drug-likeness (QED) is 0.857. The van der Waals surface area contributed by atoms with Gasteiger partial charge in [0.1, 0.15) is 5.82 Å². The molecule has 1 unspecified atom stereocenters. The van der Waals surface area contributed by atoms with Gasteiger partial charge in [-0.25, -0.2) is 4.39 Å². The molecule has 0 aliphatic carbocycles. The molecule has 4 heteroatoms. The van der Waals surface area contributed by atoms with Crippen molar-refractivity contribution >= 4 is 15.9 Å². The van der Waals surface area contributed by atoms with E-state index in [0.29, 0.717) is 16.5 Å². The van der Waals surface area contributed by atoms with Crippen molar-refractivity contribution in [1.82, 2.24) is 4.98 Å². The van der Waals surface area contributed by atoms with E-state index in [1.807, 2.05) is 12.1 Å². The lowest BCUT2D eigenvalue weighted by Crippen LogP contribution is -2.24. The predicted molar refractivity (Wildman–Crippen MR) is 75.0 cm³/mol. The van der Waals surface area contributed by atoms with E-state index in [0.717, 1.165) is 5.56 Å². The van der Waals surface area contributed by atoms with Gasteiger partial charge in [0, 0.05) is 18.0 Å². The van der Waals surface area contributed by atoms with Crippen molar-refractivity contribution < 1.29 is 4.39 Å². The minimum Gasteiger partial charge on any atom is -0.264 e. The molecule has 0 fully saturated rings. The SMILES string of the molecule is CC(C#N)(Cc1cccnc1)c1cccc(Br)c1F. The van der Waals surface area contributed by atoms with Crippen molar-refractivity contribution in [3.8, 4) is 6.07 Å². The monoisotopic (exact) mass is 318 g/mol. The maximum Gasteiger partial charge on any atom is 0.142 e. The van der Waals surface area contributed by atoms with Gasteiger partial charge < -0.3 is 0 Å². The summed E-state index contributed by atoms with van der Waals surface area (Å²) < 4.78 is 14.5. The van der Waals surface area contributed by atoms with Crippen LogP contribution >= 0.6 is 15.9 Å². The summed E-state index contributed by atoms with van der Waals surface area (Å²) in [6, 6.07) is 10.9. The molecule has 0 amide bonds. The number of aromatic nitrogens is 1. The lowest BCUT2D eigenvalue weighted by atomic mass is 9.78. The molecule has 0 N–H and O–H groups in total. The first-order valence-electron chi connectivity index (χ1n) is 5.81. The molecule has 0 aliphatic heterocycles. The van der Waals surface area contributed by atoms with E-state index in [1.165, 1.54) is 0 Å². The molecule has 2 nitrogen and oxygen atoms in total. The third-order valence-corrected chi connectivity index (χ3v) is 3.69. The first-order valence-corrected chi connectivity index (χ1v) is 6.61. The zero-order valence-electron chi connectivity index (χ0n) is 10.4. The van der Waals surface area contributed by atoms with Gasteiger partial charge in [-0.05, 0) is 47.0 Å². The van der Waals surface area contributed by atoms with Crippen LogP contribution < -0.4 is 0 Å². The van der Waals surface area contributed by atoms with Crippen LogP contribution in [0.15, 0.2) is 47.2 Å². The molecule has 2 rings (SSSR count). The number of hydrogen-bond acceptors (Lipinski definition) is 2. The molecule has 0 saturated heterocycles. The minimum atomic E-state index is -0.920. The maximum absolute atomic E-state index is 14.2. The summed E-state index contributed by atoms with van der Waals surface area (Å²) >= 11 is 3.16. The van der Waals surface area contributed by atoms with Crippen molar-refractivity contribution in [2.75, 3.05) is 0 Å². The van der Waals surface area contributed by atoms with Crippen LogP contribution in [0.25, 0.3) is 0 Å².